The SMILES string of the molecule is CCCCCCCCCCCCCCCCCCN1C=CN(c2ccccc2)C1CCCCCCCCCCCCC. The molecule has 1 heterocycles. The van der Waals surface area contributed by atoms with Crippen molar-refractivity contribution in [1.29, 1.82) is 0 Å². The Kier molecular flexibility index (Phi) is 23.7. The van der Waals surface area contributed by atoms with E-state index in [0.717, 1.165) is 0 Å². The minimum absolute atomic E-state index is 0.502. The minimum atomic E-state index is 0.502. The van der Waals surface area contributed by atoms with Crippen LogP contribution in [0.3, 0.4) is 0 Å². The summed E-state index contributed by atoms with van der Waals surface area (Å²) in [6.45, 7) is 5.82. The largest absolute Gasteiger partial charge is 0.356 e. The van der Waals surface area contributed by atoms with Gasteiger partial charge >= 0.3 is 0 Å². The van der Waals surface area contributed by atoms with Crippen LogP contribution >= 0.6 is 0 Å². The molecule has 0 saturated carbocycles. The van der Waals surface area contributed by atoms with E-state index in [1.54, 1.807) is 0 Å². The third-order valence-corrected chi connectivity index (χ3v) is 9.51. The molecule has 242 valence electrons. The second kappa shape index (κ2) is 27.1. The highest BCUT2D eigenvalue weighted by molar-refractivity contribution is 5.51. The van der Waals surface area contributed by atoms with Crippen LogP contribution in [0.15, 0.2) is 42.7 Å². The summed E-state index contributed by atoms with van der Waals surface area (Å²) < 4.78 is 0. The Morgan fingerprint density at radius 1 is 0.429 bits per heavy atom. The Balaban J connectivity index is 1.52. The normalized spacial score (nSPS) is 14.9. The first kappa shape index (κ1) is 36.8. The highest BCUT2D eigenvalue weighted by Gasteiger charge is 2.26. The van der Waals surface area contributed by atoms with Gasteiger partial charge in [0.15, 0.2) is 0 Å². The van der Waals surface area contributed by atoms with E-state index in [4.69, 9.17) is 0 Å². The van der Waals surface area contributed by atoms with Crippen LogP contribution in [-0.4, -0.2) is 17.6 Å². The fourth-order valence-electron chi connectivity index (χ4n) is 6.74. The van der Waals surface area contributed by atoms with Gasteiger partial charge in [-0.1, -0.05) is 193 Å². The lowest BCUT2D eigenvalue weighted by atomic mass is 10.0. The first-order valence-corrected chi connectivity index (χ1v) is 19.1. The number of hydrogen-bond donors (Lipinski definition) is 0. The zero-order valence-electron chi connectivity index (χ0n) is 28.5. The van der Waals surface area contributed by atoms with Crippen molar-refractivity contribution in [2.45, 2.75) is 200 Å². The second-order valence-electron chi connectivity index (χ2n) is 13.4. The van der Waals surface area contributed by atoms with Crippen LogP contribution in [0.5, 0.6) is 0 Å². The van der Waals surface area contributed by atoms with E-state index in [2.05, 4.69) is 66.4 Å². The maximum atomic E-state index is 2.65. The molecule has 0 amide bonds. The number of benzene rings is 1. The van der Waals surface area contributed by atoms with Gasteiger partial charge in [0.25, 0.3) is 0 Å². The van der Waals surface area contributed by atoms with Gasteiger partial charge in [0.1, 0.15) is 6.17 Å². The molecule has 2 rings (SSSR count). The van der Waals surface area contributed by atoms with Crippen LogP contribution in [0, 0.1) is 0 Å². The number of nitrogens with zero attached hydrogens (tertiary/aromatic N) is 2. The molecule has 0 bridgehead atoms. The molecule has 1 atom stereocenters. The van der Waals surface area contributed by atoms with Crippen molar-refractivity contribution in [3.63, 3.8) is 0 Å². The van der Waals surface area contributed by atoms with Gasteiger partial charge < -0.3 is 9.80 Å². The lowest BCUT2D eigenvalue weighted by Crippen LogP contribution is -2.39. The molecule has 0 aromatic heterocycles. The summed E-state index contributed by atoms with van der Waals surface area (Å²) in [5, 5.41) is 0. The van der Waals surface area contributed by atoms with Crippen molar-refractivity contribution >= 4 is 5.69 Å². The molecule has 1 aromatic rings. The molecule has 1 aliphatic rings. The molecule has 1 aliphatic heterocycles. The minimum Gasteiger partial charge on any atom is -0.356 e. The molecule has 0 spiro atoms. The zero-order chi connectivity index (χ0) is 29.8. The molecule has 42 heavy (non-hydrogen) atoms. The smallest absolute Gasteiger partial charge is 0.105 e. The molecule has 1 aromatic carbocycles. The Labute approximate surface area is 264 Å². The van der Waals surface area contributed by atoms with Crippen molar-refractivity contribution < 1.29 is 0 Å². The van der Waals surface area contributed by atoms with Crippen LogP contribution in [-0.2, 0) is 0 Å². The number of para-hydroxylation sites is 1. The number of unbranched alkanes of at least 4 members (excludes halogenated alkanes) is 25. The van der Waals surface area contributed by atoms with Crippen LogP contribution in [0.25, 0.3) is 0 Å². The summed E-state index contributed by atoms with van der Waals surface area (Å²) >= 11 is 0. The van der Waals surface area contributed by atoms with Crippen molar-refractivity contribution in [3.05, 3.63) is 42.7 Å². The van der Waals surface area contributed by atoms with Gasteiger partial charge in [-0.2, -0.15) is 0 Å². The van der Waals surface area contributed by atoms with Gasteiger partial charge in [-0.25, -0.2) is 0 Å². The summed E-state index contributed by atoms with van der Waals surface area (Å²) in [5.74, 6) is 0. The molecule has 0 N–H and O–H groups in total. The van der Waals surface area contributed by atoms with Gasteiger partial charge in [-0.05, 0) is 31.4 Å². The van der Waals surface area contributed by atoms with Crippen molar-refractivity contribution in [1.82, 2.24) is 4.90 Å². The second-order valence-corrected chi connectivity index (χ2v) is 13.4. The van der Waals surface area contributed by atoms with Gasteiger partial charge in [0, 0.05) is 24.6 Å². The fourth-order valence-corrected chi connectivity index (χ4v) is 6.74. The summed E-state index contributed by atoms with van der Waals surface area (Å²) in [4.78, 5) is 5.18. The number of anilines is 1. The molecule has 0 saturated heterocycles. The Hall–Kier alpha value is -1.44. The van der Waals surface area contributed by atoms with Crippen LogP contribution in [0.4, 0.5) is 5.69 Å². The topological polar surface area (TPSA) is 6.48 Å². The highest BCUT2D eigenvalue weighted by Crippen LogP contribution is 2.28. The van der Waals surface area contributed by atoms with E-state index in [1.807, 2.05) is 0 Å². The van der Waals surface area contributed by atoms with E-state index in [9.17, 15) is 0 Å². The summed E-state index contributed by atoms with van der Waals surface area (Å²) in [6, 6.07) is 11.0. The van der Waals surface area contributed by atoms with Gasteiger partial charge in [-0.3, -0.25) is 0 Å². The van der Waals surface area contributed by atoms with Crippen LogP contribution < -0.4 is 4.90 Å². The molecule has 0 aliphatic carbocycles. The van der Waals surface area contributed by atoms with E-state index < -0.39 is 0 Å². The third kappa shape index (κ3) is 18.3. The van der Waals surface area contributed by atoms with Crippen molar-refractivity contribution in [2.75, 3.05) is 11.4 Å². The summed E-state index contributed by atoms with van der Waals surface area (Å²) in [5.41, 5.74) is 1.34. The summed E-state index contributed by atoms with van der Waals surface area (Å²) in [7, 11) is 0. The number of rotatable bonds is 30. The van der Waals surface area contributed by atoms with Crippen molar-refractivity contribution in [3.8, 4) is 0 Å². The van der Waals surface area contributed by atoms with E-state index >= 15 is 0 Å². The van der Waals surface area contributed by atoms with Gasteiger partial charge in [-0.15, -0.1) is 0 Å². The molecule has 0 fully saturated rings. The lowest BCUT2D eigenvalue weighted by Gasteiger charge is -2.33. The summed E-state index contributed by atoms with van der Waals surface area (Å²) in [6.07, 6.45) is 45.1. The first-order valence-electron chi connectivity index (χ1n) is 19.1. The monoisotopic (exact) mass is 581 g/mol. The van der Waals surface area contributed by atoms with Gasteiger partial charge in [0.05, 0.1) is 0 Å². The fraction of sp³-hybridized carbons (Fsp3) is 0.800. The lowest BCUT2D eigenvalue weighted by molar-refractivity contribution is 0.273. The maximum Gasteiger partial charge on any atom is 0.105 e. The van der Waals surface area contributed by atoms with Gasteiger partial charge in [0.2, 0.25) is 0 Å². The standard InChI is InChI=1S/C40H72N2/c1-3-5-7-9-11-13-15-16-17-18-19-21-23-25-27-32-36-41-37-38-42(39-33-29-28-30-34-39)40(41)35-31-26-24-22-20-14-12-10-8-6-4-2/h28-30,33-34,37-38,40H,3-27,31-32,35-36H2,1-2H3. The van der Waals surface area contributed by atoms with E-state index in [0.29, 0.717) is 6.17 Å². The zero-order valence-corrected chi connectivity index (χ0v) is 28.5. The third-order valence-electron chi connectivity index (χ3n) is 9.51. The quantitative estimate of drug-likeness (QED) is 0.0835. The predicted molar refractivity (Wildman–Crippen MR) is 189 cm³/mol. The van der Waals surface area contributed by atoms with E-state index in [-0.39, 0.29) is 0 Å². The molecule has 2 nitrogen and oxygen atoms in total. The molecular formula is C40H72N2. The van der Waals surface area contributed by atoms with Crippen molar-refractivity contribution in [2.24, 2.45) is 0 Å². The predicted octanol–water partition coefficient (Wildman–Crippen LogP) is 13.6. The maximum absolute atomic E-state index is 2.65. The molecular weight excluding hydrogens is 508 g/mol. The molecule has 1 unspecified atom stereocenters. The van der Waals surface area contributed by atoms with Crippen LogP contribution in [0.2, 0.25) is 0 Å². The molecule has 2 heteroatoms. The number of hydrogen-bond acceptors (Lipinski definition) is 2. The Morgan fingerprint density at radius 3 is 1.24 bits per heavy atom. The average Bonchev–Trinajstić information content (AvgIpc) is 3.42. The highest BCUT2D eigenvalue weighted by atomic mass is 15.4. The van der Waals surface area contributed by atoms with E-state index in [1.165, 1.54) is 192 Å². The van der Waals surface area contributed by atoms with Crippen LogP contribution in [0.1, 0.15) is 194 Å². The average molecular weight is 581 g/mol. The Bertz CT molecular complexity index is 714. The Morgan fingerprint density at radius 2 is 0.810 bits per heavy atom. The molecule has 0 radical (unpaired) electrons. The first-order chi connectivity index (χ1) is 20.9.